The van der Waals surface area contributed by atoms with Crippen LogP contribution in [-0.4, -0.2) is 23.2 Å². The van der Waals surface area contributed by atoms with Crippen LogP contribution in [0.2, 0.25) is 0 Å². The van der Waals surface area contributed by atoms with E-state index in [1.165, 1.54) is 0 Å². The van der Waals surface area contributed by atoms with Gasteiger partial charge in [-0.1, -0.05) is 32.9 Å². The van der Waals surface area contributed by atoms with E-state index in [4.69, 9.17) is 4.52 Å². The average Bonchev–Trinajstić information content (AvgIpc) is 2.64. The molecule has 0 bridgehead atoms. The van der Waals surface area contributed by atoms with E-state index >= 15 is 0 Å². The predicted molar refractivity (Wildman–Crippen MR) is 64.4 cm³/mol. The second-order valence-electron chi connectivity index (χ2n) is 5.02. The topological polar surface area (TPSA) is 51.0 Å². The highest BCUT2D eigenvalue weighted by Crippen LogP contribution is 2.13. The minimum absolute atomic E-state index is 0.329. The standard InChI is InChI=1S/C12H23N3O/c1-8(2)6-10(13-5)7-11-14-12(9(3)4)15-16-11/h8-10,13H,6-7H2,1-5H3. The van der Waals surface area contributed by atoms with E-state index in [1.807, 2.05) is 7.05 Å². The summed E-state index contributed by atoms with van der Waals surface area (Å²) in [5.74, 6) is 2.54. The number of aromatic nitrogens is 2. The molecule has 1 atom stereocenters. The zero-order valence-corrected chi connectivity index (χ0v) is 10.9. The highest BCUT2D eigenvalue weighted by Gasteiger charge is 2.15. The van der Waals surface area contributed by atoms with E-state index in [-0.39, 0.29) is 0 Å². The van der Waals surface area contributed by atoms with E-state index in [2.05, 4.69) is 43.2 Å². The molecule has 4 heteroatoms. The molecule has 16 heavy (non-hydrogen) atoms. The third kappa shape index (κ3) is 3.93. The molecule has 0 saturated carbocycles. The Morgan fingerprint density at radius 2 is 1.94 bits per heavy atom. The maximum Gasteiger partial charge on any atom is 0.228 e. The van der Waals surface area contributed by atoms with Gasteiger partial charge in [-0.05, 0) is 19.4 Å². The van der Waals surface area contributed by atoms with Gasteiger partial charge in [0.1, 0.15) is 0 Å². The number of rotatable bonds is 6. The van der Waals surface area contributed by atoms with Crippen molar-refractivity contribution in [3.05, 3.63) is 11.7 Å². The lowest BCUT2D eigenvalue weighted by Crippen LogP contribution is -2.29. The van der Waals surface area contributed by atoms with Crippen LogP contribution in [0.25, 0.3) is 0 Å². The Morgan fingerprint density at radius 3 is 2.38 bits per heavy atom. The summed E-state index contributed by atoms with van der Waals surface area (Å²) >= 11 is 0. The van der Waals surface area contributed by atoms with Gasteiger partial charge in [0.25, 0.3) is 0 Å². The van der Waals surface area contributed by atoms with Crippen LogP contribution in [0.5, 0.6) is 0 Å². The van der Waals surface area contributed by atoms with Crippen LogP contribution in [0.3, 0.4) is 0 Å². The number of likely N-dealkylation sites (N-methyl/N-ethyl adjacent to an activating group) is 1. The monoisotopic (exact) mass is 225 g/mol. The molecule has 92 valence electrons. The molecule has 1 N–H and O–H groups in total. The van der Waals surface area contributed by atoms with Gasteiger partial charge in [0.05, 0.1) is 0 Å². The van der Waals surface area contributed by atoms with Gasteiger partial charge in [-0.3, -0.25) is 0 Å². The Morgan fingerprint density at radius 1 is 1.25 bits per heavy atom. The molecule has 0 amide bonds. The molecule has 1 aromatic rings. The highest BCUT2D eigenvalue weighted by atomic mass is 16.5. The van der Waals surface area contributed by atoms with Crippen molar-refractivity contribution in [3.8, 4) is 0 Å². The summed E-state index contributed by atoms with van der Waals surface area (Å²) in [6.45, 7) is 8.58. The third-order valence-electron chi connectivity index (χ3n) is 2.59. The Kier molecular flexibility index (Phi) is 4.93. The van der Waals surface area contributed by atoms with Crippen LogP contribution < -0.4 is 5.32 Å². The summed E-state index contributed by atoms with van der Waals surface area (Å²) in [5, 5.41) is 7.26. The third-order valence-corrected chi connectivity index (χ3v) is 2.59. The fraction of sp³-hybridized carbons (Fsp3) is 0.833. The maximum absolute atomic E-state index is 5.24. The quantitative estimate of drug-likeness (QED) is 0.807. The van der Waals surface area contributed by atoms with Crippen LogP contribution in [0.4, 0.5) is 0 Å². The molecular weight excluding hydrogens is 202 g/mol. The van der Waals surface area contributed by atoms with Crippen molar-refractivity contribution in [2.45, 2.75) is 52.5 Å². The van der Waals surface area contributed by atoms with Crippen molar-refractivity contribution in [3.63, 3.8) is 0 Å². The van der Waals surface area contributed by atoms with Gasteiger partial charge in [0, 0.05) is 18.4 Å². The second kappa shape index (κ2) is 5.99. The number of nitrogens with one attached hydrogen (secondary N) is 1. The van der Waals surface area contributed by atoms with Gasteiger partial charge in [-0.15, -0.1) is 0 Å². The van der Waals surface area contributed by atoms with E-state index in [9.17, 15) is 0 Å². The molecule has 0 radical (unpaired) electrons. The van der Waals surface area contributed by atoms with Gasteiger partial charge in [-0.25, -0.2) is 0 Å². The van der Waals surface area contributed by atoms with Gasteiger partial charge < -0.3 is 9.84 Å². The zero-order chi connectivity index (χ0) is 12.1. The molecule has 0 aliphatic heterocycles. The van der Waals surface area contributed by atoms with Crippen molar-refractivity contribution in [2.24, 2.45) is 5.92 Å². The number of hydrogen-bond acceptors (Lipinski definition) is 4. The molecule has 1 aromatic heterocycles. The molecule has 4 nitrogen and oxygen atoms in total. The van der Waals surface area contributed by atoms with Crippen molar-refractivity contribution in [1.29, 1.82) is 0 Å². The highest BCUT2D eigenvalue weighted by molar-refractivity contribution is 4.93. The zero-order valence-electron chi connectivity index (χ0n) is 10.9. The lowest BCUT2D eigenvalue weighted by molar-refractivity contribution is 0.341. The first-order valence-corrected chi connectivity index (χ1v) is 6.02. The van der Waals surface area contributed by atoms with E-state index in [1.54, 1.807) is 0 Å². The van der Waals surface area contributed by atoms with Gasteiger partial charge in [0.2, 0.25) is 5.89 Å². The predicted octanol–water partition coefficient (Wildman–Crippen LogP) is 2.37. The molecule has 1 rings (SSSR count). The number of nitrogens with zero attached hydrogens (tertiary/aromatic N) is 2. The Bertz CT molecular complexity index is 307. The van der Waals surface area contributed by atoms with E-state index < -0.39 is 0 Å². The van der Waals surface area contributed by atoms with Crippen molar-refractivity contribution >= 4 is 0 Å². The first-order valence-electron chi connectivity index (χ1n) is 6.02. The minimum Gasteiger partial charge on any atom is -0.339 e. The molecule has 0 spiro atoms. The van der Waals surface area contributed by atoms with Gasteiger partial charge >= 0.3 is 0 Å². The van der Waals surface area contributed by atoms with Crippen LogP contribution >= 0.6 is 0 Å². The summed E-state index contributed by atoms with van der Waals surface area (Å²) in [7, 11) is 1.98. The van der Waals surface area contributed by atoms with Crippen LogP contribution in [0, 0.1) is 5.92 Å². The normalized spacial score (nSPS) is 13.7. The van der Waals surface area contributed by atoms with Crippen LogP contribution in [0.1, 0.15) is 51.7 Å². The second-order valence-corrected chi connectivity index (χ2v) is 5.02. The van der Waals surface area contributed by atoms with Crippen LogP contribution in [-0.2, 0) is 6.42 Å². The SMILES string of the molecule is CNC(Cc1nc(C(C)C)no1)CC(C)C. The molecule has 0 aliphatic carbocycles. The number of hydrogen-bond donors (Lipinski definition) is 1. The molecule has 0 aliphatic rings. The Hall–Kier alpha value is -0.900. The summed E-state index contributed by atoms with van der Waals surface area (Å²) in [6, 6.07) is 0.417. The first kappa shape index (κ1) is 13.2. The Balaban J connectivity index is 2.56. The first-order chi connectivity index (χ1) is 7.52. The Labute approximate surface area is 97.8 Å². The summed E-state index contributed by atoms with van der Waals surface area (Å²) in [6.07, 6.45) is 1.93. The smallest absolute Gasteiger partial charge is 0.228 e. The van der Waals surface area contributed by atoms with Gasteiger partial charge in [-0.2, -0.15) is 4.98 Å². The molecule has 0 fully saturated rings. The van der Waals surface area contributed by atoms with Crippen LogP contribution in [0.15, 0.2) is 4.52 Å². The lowest BCUT2D eigenvalue weighted by atomic mass is 10.0. The van der Waals surface area contributed by atoms with Crippen molar-refractivity contribution < 1.29 is 4.52 Å². The molecular formula is C12H23N3O. The average molecular weight is 225 g/mol. The van der Waals surface area contributed by atoms with E-state index in [0.29, 0.717) is 17.9 Å². The maximum atomic E-state index is 5.24. The molecule has 1 unspecified atom stereocenters. The molecule has 1 heterocycles. The summed E-state index contributed by atoms with van der Waals surface area (Å²) in [4.78, 5) is 4.39. The lowest BCUT2D eigenvalue weighted by Gasteiger charge is -2.15. The van der Waals surface area contributed by atoms with Crippen molar-refractivity contribution in [2.75, 3.05) is 7.05 Å². The van der Waals surface area contributed by atoms with E-state index in [0.717, 1.165) is 24.6 Å². The molecule has 0 saturated heterocycles. The minimum atomic E-state index is 0.329. The fourth-order valence-electron chi connectivity index (χ4n) is 1.67. The van der Waals surface area contributed by atoms with Gasteiger partial charge in [0.15, 0.2) is 5.82 Å². The fourth-order valence-corrected chi connectivity index (χ4v) is 1.67. The van der Waals surface area contributed by atoms with Crippen molar-refractivity contribution in [1.82, 2.24) is 15.5 Å². The largest absolute Gasteiger partial charge is 0.339 e. The molecule has 0 aromatic carbocycles. The summed E-state index contributed by atoms with van der Waals surface area (Å²) in [5.41, 5.74) is 0. The summed E-state index contributed by atoms with van der Waals surface area (Å²) < 4.78 is 5.24.